The summed E-state index contributed by atoms with van der Waals surface area (Å²) in [5, 5.41) is 11.7. The van der Waals surface area contributed by atoms with E-state index in [9.17, 15) is 8.78 Å². The monoisotopic (exact) mass is 324 g/mol. The Morgan fingerprint density at radius 1 is 1.17 bits per heavy atom. The van der Waals surface area contributed by atoms with E-state index in [1.807, 2.05) is 6.07 Å². The van der Waals surface area contributed by atoms with E-state index in [1.54, 1.807) is 32.4 Å². The molecule has 124 valence electrons. The van der Waals surface area contributed by atoms with Gasteiger partial charge < -0.3 is 19.9 Å². The van der Waals surface area contributed by atoms with Crippen molar-refractivity contribution in [3.05, 3.63) is 47.7 Å². The van der Waals surface area contributed by atoms with Gasteiger partial charge in [-0.05, 0) is 24.3 Å². The maximum atomic E-state index is 13.5. The topological polar surface area (TPSA) is 63.6 Å². The lowest BCUT2D eigenvalue weighted by atomic mass is 10.2. The number of anilines is 1. The second-order valence-corrected chi connectivity index (χ2v) is 4.80. The van der Waals surface area contributed by atoms with Gasteiger partial charge in [0.15, 0.2) is 0 Å². The molecule has 0 atom stereocenters. The molecule has 0 fully saturated rings. The number of ether oxygens (including phenoxy) is 2. The van der Waals surface area contributed by atoms with Crippen LogP contribution in [0.1, 0.15) is 11.3 Å². The molecule has 0 bridgehead atoms. The van der Waals surface area contributed by atoms with Gasteiger partial charge in [0.1, 0.15) is 29.6 Å². The van der Waals surface area contributed by atoms with Crippen LogP contribution in [-0.2, 0) is 12.5 Å². The van der Waals surface area contributed by atoms with Crippen molar-refractivity contribution >= 4 is 5.82 Å². The number of methoxy groups -OCH3 is 2. The van der Waals surface area contributed by atoms with E-state index in [-0.39, 0.29) is 5.82 Å². The lowest BCUT2D eigenvalue weighted by Gasteiger charge is -2.15. The van der Waals surface area contributed by atoms with E-state index in [1.165, 1.54) is 12.1 Å². The summed E-state index contributed by atoms with van der Waals surface area (Å²) in [6.45, 7) is -0.940. The predicted molar refractivity (Wildman–Crippen MR) is 82.1 cm³/mol. The first-order valence-corrected chi connectivity index (χ1v) is 6.91. The largest absolute Gasteiger partial charge is 0.497 e. The van der Waals surface area contributed by atoms with E-state index in [2.05, 4.69) is 10.3 Å². The Morgan fingerprint density at radius 2 is 1.96 bits per heavy atom. The minimum Gasteiger partial charge on any atom is -0.497 e. The predicted octanol–water partition coefficient (Wildman–Crippen LogP) is 2.80. The highest BCUT2D eigenvalue weighted by atomic mass is 19.3. The SMILES string of the molecule is COc1ccc(CNc2cccc(C(F)(F)CO)n2)c(OC)c1. The zero-order valence-corrected chi connectivity index (χ0v) is 12.8. The Bertz CT molecular complexity index is 666. The number of halogens is 2. The maximum Gasteiger partial charge on any atom is 0.312 e. The minimum atomic E-state index is -3.37. The fourth-order valence-electron chi connectivity index (χ4n) is 2.00. The molecule has 0 spiro atoms. The average molecular weight is 324 g/mol. The van der Waals surface area contributed by atoms with Gasteiger partial charge in [-0.15, -0.1) is 0 Å². The number of alkyl halides is 2. The molecule has 0 unspecified atom stereocenters. The summed E-state index contributed by atoms with van der Waals surface area (Å²) in [5.41, 5.74) is 0.348. The molecule has 0 aliphatic carbocycles. The molecule has 0 amide bonds. The Labute approximate surface area is 132 Å². The van der Waals surface area contributed by atoms with Crippen LogP contribution >= 0.6 is 0 Å². The van der Waals surface area contributed by atoms with Crippen molar-refractivity contribution in [1.29, 1.82) is 0 Å². The molecule has 0 saturated heterocycles. The smallest absolute Gasteiger partial charge is 0.312 e. The van der Waals surface area contributed by atoms with Crippen LogP contribution in [0, 0.1) is 0 Å². The number of rotatable bonds is 7. The Balaban J connectivity index is 2.14. The first-order chi connectivity index (χ1) is 11.0. The summed E-state index contributed by atoms with van der Waals surface area (Å²) in [6, 6.07) is 9.54. The maximum absolute atomic E-state index is 13.5. The number of hydrogen-bond donors (Lipinski definition) is 2. The fraction of sp³-hybridized carbons (Fsp3) is 0.312. The summed E-state index contributed by atoms with van der Waals surface area (Å²) in [6.07, 6.45) is 0. The van der Waals surface area contributed by atoms with Crippen LogP contribution in [0.5, 0.6) is 11.5 Å². The zero-order valence-electron chi connectivity index (χ0n) is 12.8. The Morgan fingerprint density at radius 3 is 2.61 bits per heavy atom. The highest BCUT2D eigenvalue weighted by molar-refractivity contribution is 5.44. The number of hydrogen-bond acceptors (Lipinski definition) is 5. The molecule has 2 aromatic rings. The first kappa shape index (κ1) is 17.0. The second kappa shape index (κ2) is 7.23. The number of aliphatic hydroxyl groups excluding tert-OH is 1. The molecule has 1 aromatic heterocycles. The highest BCUT2D eigenvalue weighted by Crippen LogP contribution is 2.27. The van der Waals surface area contributed by atoms with Crippen LogP contribution in [0.3, 0.4) is 0 Å². The molecule has 23 heavy (non-hydrogen) atoms. The molecule has 5 nitrogen and oxygen atoms in total. The number of nitrogens with zero attached hydrogens (tertiary/aromatic N) is 1. The molecule has 1 heterocycles. The van der Waals surface area contributed by atoms with Gasteiger partial charge in [0.25, 0.3) is 0 Å². The van der Waals surface area contributed by atoms with Gasteiger partial charge in [0.2, 0.25) is 0 Å². The molecule has 7 heteroatoms. The van der Waals surface area contributed by atoms with Crippen molar-refractivity contribution in [2.75, 3.05) is 26.1 Å². The van der Waals surface area contributed by atoms with Crippen LogP contribution in [0.4, 0.5) is 14.6 Å². The van der Waals surface area contributed by atoms with Gasteiger partial charge in [0.05, 0.1) is 14.2 Å². The third kappa shape index (κ3) is 4.07. The number of nitrogens with one attached hydrogen (secondary N) is 1. The quantitative estimate of drug-likeness (QED) is 0.820. The van der Waals surface area contributed by atoms with E-state index in [4.69, 9.17) is 14.6 Å². The molecule has 0 aliphatic heterocycles. The van der Waals surface area contributed by atoms with Gasteiger partial charge >= 0.3 is 5.92 Å². The molecule has 0 radical (unpaired) electrons. The first-order valence-electron chi connectivity index (χ1n) is 6.91. The fourth-order valence-corrected chi connectivity index (χ4v) is 2.00. The molecule has 0 aliphatic rings. The van der Waals surface area contributed by atoms with Crippen molar-refractivity contribution in [2.45, 2.75) is 12.5 Å². The van der Waals surface area contributed by atoms with Gasteiger partial charge in [0, 0.05) is 18.2 Å². The van der Waals surface area contributed by atoms with Crippen LogP contribution in [0.25, 0.3) is 0 Å². The van der Waals surface area contributed by atoms with Crippen molar-refractivity contribution in [3.63, 3.8) is 0 Å². The van der Waals surface area contributed by atoms with Gasteiger partial charge in [-0.3, -0.25) is 0 Å². The van der Waals surface area contributed by atoms with E-state index >= 15 is 0 Å². The highest BCUT2D eigenvalue weighted by Gasteiger charge is 2.32. The van der Waals surface area contributed by atoms with Crippen molar-refractivity contribution in [3.8, 4) is 11.5 Å². The van der Waals surface area contributed by atoms with Crippen molar-refractivity contribution in [1.82, 2.24) is 4.98 Å². The third-order valence-corrected chi connectivity index (χ3v) is 3.28. The molecular weight excluding hydrogens is 306 g/mol. The third-order valence-electron chi connectivity index (χ3n) is 3.28. The molecule has 0 saturated carbocycles. The summed E-state index contributed by atoms with van der Waals surface area (Å²) in [5.74, 6) is -1.80. The zero-order chi connectivity index (χ0) is 16.9. The van der Waals surface area contributed by atoms with Gasteiger partial charge in [-0.2, -0.15) is 8.78 Å². The molecular formula is C16H18F2N2O3. The lowest BCUT2D eigenvalue weighted by molar-refractivity contribution is -0.0591. The summed E-state index contributed by atoms with van der Waals surface area (Å²) in [4.78, 5) is 3.83. The Hall–Kier alpha value is -2.41. The second-order valence-electron chi connectivity index (χ2n) is 4.80. The molecule has 2 N–H and O–H groups in total. The van der Waals surface area contributed by atoms with Crippen LogP contribution in [-0.4, -0.2) is 30.9 Å². The number of aromatic nitrogens is 1. The average Bonchev–Trinajstić information content (AvgIpc) is 2.60. The number of aliphatic hydroxyl groups is 1. The van der Waals surface area contributed by atoms with E-state index < -0.39 is 18.2 Å². The lowest BCUT2D eigenvalue weighted by Crippen LogP contribution is -2.20. The molecule has 1 aromatic carbocycles. The van der Waals surface area contributed by atoms with E-state index in [0.717, 1.165) is 5.56 Å². The van der Waals surface area contributed by atoms with E-state index in [0.29, 0.717) is 18.0 Å². The van der Waals surface area contributed by atoms with Crippen LogP contribution < -0.4 is 14.8 Å². The Kier molecular flexibility index (Phi) is 5.33. The van der Waals surface area contributed by atoms with Gasteiger partial charge in [-0.1, -0.05) is 6.07 Å². The molecule has 2 rings (SSSR count). The normalized spacial score (nSPS) is 11.2. The summed E-state index contributed by atoms with van der Waals surface area (Å²) >= 11 is 0. The standard InChI is InChI=1S/C16H18F2N2O3/c1-22-12-7-6-11(13(8-12)23-2)9-19-15-5-3-4-14(20-15)16(17,18)10-21/h3-8,21H,9-10H2,1-2H3,(H,19,20). The summed E-state index contributed by atoms with van der Waals surface area (Å²) < 4.78 is 37.3. The van der Waals surface area contributed by atoms with Gasteiger partial charge in [-0.25, -0.2) is 4.98 Å². The number of pyridine rings is 1. The van der Waals surface area contributed by atoms with Crippen LogP contribution in [0.2, 0.25) is 0 Å². The van der Waals surface area contributed by atoms with Crippen molar-refractivity contribution < 1.29 is 23.4 Å². The summed E-state index contributed by atoms with van der Waals surface area (Å²) in [7, 11) is 3.10. The van der Waals surface area contributed by atoms with Crippen LogP contribution in [0.15, 0.2) is 36.4 Å². The van der Waals surface area contributed by atoms with Crippen molar-refractivity contribution in [2.24, 2.45) is 0 Å². The minimum absolute atomic E-state index is 0.286. The number of benzene rings is 1.